The van der Waals surface area contributed by atoms with Gasteiger partial charge >= 0.3 is 12.3 Å². The van der Waals surface area contributed by atoms with Crippen LogP contribution < -0.4 is 5.11 Å². The zero-order valence-electron chi connectivity index (χ0n) is 8.48. The lowest BCUT2D eigenvalue weighted by atomic mass is 9.92. The summed E-state index contributed by atoms with van der Waals surface area (Å²) < 4.78 is 48.2. The highest BCUT2D eigenvalue weighted by Crippen LogP contribution is 2.27. The van der Waals surface area contributed by atoms with Gasteiger partial charge in [0, 0.05) is 0 Å². The van der Waals surface area contributed by atoms with Crippen LogP contribution in [-0.2, 0) is 4.79 Å². The summed E-state index contributed by atoms with van der Waals surface area (Å²) in [5, 5.41) is 11.1. The minimum Gasteiger partial charge on any atom is -0.875 e. The lowest BCUT2D eigenvalue weighted by Gasteiger charge is -2.28. The Bertz CT molecular complexity index is 276. The van der Waals surface area contributed by atoms with Crippen LogP contribution in [0.15, 0.2) is 11.8 Å². The number of hydrogen-bond donors (Lipinski definition) is 0. The highest BCUT2D eigenvalue weighted by atomic mass is 19.3. The number of carbonyl (C=O) groups is 1. The van der Waals surface area contributed by atoms with E-state index in [1.807, 2.05) is 0 Å². The van der Waals surface area contributed by atoms with Crippen LogP contribution in [0.5, 0.6) is 0 Å². The first-order chi connectivity index (χ1) is 6.49. The molecule has 0 spiro atoms. The highest BCUT2D eigenvalue weighted by molar-refractivity contribution is 5.96. The molecule has 0 aliphatic rings. The van der Waals surface area contributed by atoms with Gasteiger partial charge in [0.1, 0.15) is 0 Å². The van der Waals surface area contributed by atoms with E-state index in [-0.39, 0.29) is 6.08 Å². The second-order valence-electron chi connectivity index (χ2n) is 4.05. The van der Waals surface area contributed by atoms with Gasteiger partial charge in [-0.15, -0.1) is 5.76 Å². The summed E-state index contributed by atoms with van der Waals surface area (Å²) in [7, 11) is 0. The van der Waals surface area contributed by atoms with Crippen LogP contribution >= 0.6 is 0 Å². The third-order valence-corrected chi connectivity index (χ3v) is 1.60. The monoisotopic (exact) mass is 227 g/mol. The molecule has 0 unspecified atom stereocenters. The summed E-state index contributed by atoms with van der Waals surface area (Å²) in [6.45, 7) is 4.17. The Morgan fingerprint density at radius 1 is 1.27 bits per heavy atom. The molecule has 0 atom stereocenters. The number of halogens is 4. The van der Waals surface area contributed by atoms with Crippen molar-refractivity contribution in [2.75, 3.05) is 0 Å². The molecule has 2 nitrogen and oxygen atoms in total. The predicted molar refractivity (Wildman–Crippen MR) is 43.5 cm³/mol. The summed E-state index contributed by atoms with van der Waals surface area (Å²) in [5.41, 5.74) is -1.05. The van der Waals surface area contributed by atoms with Crippen molar-refractivity contribution in [1.29, 1.82) is 0 Å². The molecule has 0 heterocycles. The Hall–Kier alpha value is -1.07. The standard InChI is InChI=1S/C9H12F4O2/c1-8(2,3)5(14)4-6(15)9(12,13)7(10)11/h4,7,14H,1-3H3/p-1. The van der Waals surface area contributed by atoms with E-state index in [9.17, 15) is 27.5 Å². The Kier molecular flexibility index (Phi) is 3.90. The number of rotatable bonds is 3. The summed E-state index contributed by atoms with van der Waals surface area (Å²) in [6.07, 6.45) is -4.07. The molecule has 0 aromatic carbocycles. The zero-order chi connectivity index (χ0) is 12.4. The number of carbonyl (C=O) groups excluding carboxylic acids is 1. The minimum atomic E-state index is -4.79. The molecule has 0 rings (SSSR count). The van der Waals surface area contributed by atoms with E-state index in [1.165, 1.54) is 20.8 Å². The second kappa shape index (κ2) is 4.20. The average Bonchev–Trinajstić information content (AvgIpc) is 2.01. The molecule has 0 fully saturated rings. The third-order valence-electron chi connectivity index (χ3n) is 1.60. The molecule has 0 bridgehead atoms. The number of alkyl halides is 4. The normalized spacial score (nSPS) is 14.5. The van der Waals surface area contributed by atoms with Crippen LogP contribution in [0.3, 0.4) is 0 Å². The fourth-order valence-electron chi connectivity index (χ4n) is 0.539. The van der Waals surface area contributed by atoms with Gasteiger partial charge in [0.15, 0.2) is 0 Å². The molecule has 0 amide bonds. The van der Waals surface area contributed by atoms with Crippen molar-refractivity contribution in [3.8, 4) is 0 Å². The van der Waals surface area contributed by atoms with E-state index in [1.54, 1.807) is 0 Å². The van der Waals surface area contributed by atoms with Gasteiger partial charge in [0.25, 0.3) is 0 Å². The molecule has 0 saturated carbocycles. The second-order valence-corrected chi connectivity index (χ2v) is 4.05. The molecule has 0 saturated heterocycles. The van der Waals surface area contributed by atoms with E-state index >= 15 is 0 Å². The summed E-state index contributed by atoms with van der Waals surface area (Å²) in [6, 6.07) is 0. The van der Waals surface area contributed by atoms with Crippen LogP contribution in [-0.4, -0.2) is 18.1 Å². The fourth-order valence-corrected chi connectivity index (χ4v) is 0.539. The molecule has 0 N–H and O–H groups in total. The van der Waals surface area contributed by atoms with Crippen LogP contribution in [0.2, 0.25) is 0 Å². The highest BCUT2D eigenvalue weighted by Gasteiger charge is 2.47. The molecular weight excluding hydrogens is 216 g/mol. The fraction of sp³-hybridized carbons (Fsp3) is 0.667. The Morgan fingerprint density at radius 2 is 1.67 bits per heavy atom. The molecule has 15 heavy (non-hydrogen) atoms. The predicted octanol–water partition coefficient (Wildman–Crippen LogP) is 1.75. The number of hydrogen-bond acceptors (Lipinski definition) is 2. The van der Waals surface area contributed by atoms with E-state index in [0.717, 1.165) is 0 Å². The maximum absolute atomic E-state index is 12.4. The zero-order valence-corrected chi connectivity index (χ0v) is 8.48. The maximum Gasteiger partial charge on any atom is 0.368 e. The van der Waals surface area contributed by atoms with Crippen molar-refractivity contribution >= 4 is 5.78 Å². The van der Waals surface area contributed by atoms with E-state index in [0.29, 0.717) is 0 Å². The summed E-state index contributed by atoms with van der Waals surface area (Å²) in [4.78, 5) is 10.7. The van der Waals surface area contributed by atoms with Crippen molar-refractivity contribution < 1.29 is 27.5 Å². The van der Waals surface area contributed by atoms with E-state index in [2.05, 4.69) is 0 Å². The summed E-state index contributed by atoms with van der Waals surface area (Å²) in [5.74, 6) is -7.86. The Morgan fingerprint density at radius 3 is 1.93 bits per heavy atom. The van der Waals surface area contributed by atoms with Gasteiger partial charge in [-0.25, -0.2) is 8.78 Å². The first-order valence-corrected chi connectivity index (χ1v) is 4.09. The van der Waals surface area contributed by atoms with Gasteiger partial charge in [0.2, 0.25) is 5.78 Å². The first kappa shape index (κ1) is 13.9. The van der Waals surface area contributed by atoms with Crippen molar-refractivity contribution in [2.24, 2.45) is 5.41 Å². The van der Waals surface area contributed by atoms with Gasteiger partial charge in [0.05, 0.1) is 0 Å². The lowest BCUT2D eigenvalue weighted by Crippen LogP contribution is -2.36. The first-order valence-electron chi connectivity index (χ1n) is 4.09. The molecule has 0 radical (unpaired) electrons. The number of allylic oxidation sites excluding steroid dienone is 2. The van der Waals surface area contributed by atoms with Gasteiger partial charge in [-0.1, -0.05) is 20.8 Å². The third kappa shape index (κ3) is 3.53. The van der Waals surface area contributed by atoms with Gasteiger partial charge in [-0.05, 0) is 11.5 Å². The SMILES string of the molecule is CC(C)(C)C([O-])=CC(=O)C(F)(F)C(F)F. The van der Waals surface area contributed by atoms with Gasteiger partial charge in [-0.3, -0.25) is 4.79 Å². The van der Waals surface area contributed by atoms with Crippen LogP contribution in [0.1, 0.15) is 20.8 Å². The minimum absolute atomic E-state index is 0.0339. The average molecular weight is 227 g/mol. The Labute approximate surface area is 84.6 Å². The molecule has 88 valence electrons. The largest absolute Gasteiger partial charge is 0.875 e. The van der Waals surface area contributed by atoms with Crippen LogP contribution in [0.4, 0.5) is 17.6 Å². The quantitative estimate of drug-likeness (QED) is 0.418. The Balaban J connectivity index is 4.92. The number of ketones is 1. The smallest absolute Gasteiger partial charge is 0.368 e. The molecule has 0 aliphatic heterocycles. The van der Waals surface area contributed by atoms with E-state index < -0.39 is 29.3 Å². The maximum atomic E-state index is 12.4. The lowest BCUT2D eigenvalue weighted by molar-refractivity contribution is -0.322. The topological polar surface area (TPSA) is 40.1 Å². The van der Waals surface area contributed by atoms with Crippen molar-refractivity contribution in [2.45, 2.75) is 33.1 Å². The van der Waals surface area contributed by atoms with Crippen LogP contribution in [0.25, 0.3) is 0 Å². The molecule has 6 heteroatoms. The molecular formula is C9H11F4O2-. The van der Waals surface area contributed by atoms with Crippen molar-refractivity contribution in [1.82, 2.24) is 0 Å². The molecule has 0 aromatic rings. The van der Waals surface area contributed by atoms with Crippen molar-refractivity contribution in [3.05, 3.63) is 11.8 Å². The molecule has 0 aliphatic carbocycles. The molecule has 0 aromatic heterocycles. The van der Waals surface area contributed by atoms with Crippen LogP contribution in [0, 0.1) is 5.41 Å². The summed E-state index contributed by atoms with van der Waals surface area (Å²) >= 11 is 0. The van der Waals surface area contributed by atoms with E-state index in [4.69, 9.17) is 0 Å². The van der Waals surface area contributed by atoms with Gasteiger partial charge < -0.3 is 5.11 Å². The van der Waals surface area contributed by atoms with Crippen molar-refractivity contribution in [3.63, 3.8) is 0 Å². The van der Waals surface area contributed by atoms with Gasteiger partial charge in [-0.2, -0.15) is 8.78 Å².